The predicted octanol–water partition coefficient (Wildman–Crippen LogP) is 2.07. The summed E-state index contributed by atoms with van der Waals surface area (Å²) in [5.74, 6) is 0. The fourth-order valence-corrected chi connectivity index (χ4v) is 2.38. The van der Waals surface area contributed by atoms with Crippen molar-refractivity contribution in [2.75, 3.05) is 20.3 Å². The van der Waals surface area contributed by atoms with Gasteiger partial charge in [0.05, 0.1) is 6.61 Å². The summed E-state index contributed by atoms with van der Waals surface area (Å²) < 4.78 is 4.99. The van der Waals surface area contributed by atoms with E-state index in [-0.39, 0.29) is 0 Å². The van der Waals surface area contributed by atoms with Gasteiger partial charge in [-0.1, -0.05) is 6.07 Å². The fourth-order valence-electron chi connectivity index (χ4n) is 1.66. The summed E-state index contributed by atoms with van der Waals surface area (Å²) in [6, 6.07) is 3.94. The van der Waals surface area contributed by atoms with Gasteiger partial charge in [-0.05, 0) is 35.9 Å². The molecule has 5 nitrogen and oxygen atoms in total. The van der Waals surface area contributed by atoms with E-state index in [1.165, 1.54) is 11.8 Å². The topological polar surface area (TPSA) is 59.9 Å². The van der Waals surface area contributed by atoms with E-state index in [0.717, 1.165) is 29.2 Å². The van der Waals surface area contributed by atoms with Crippen molar-refractivity contribution < 1.29 is 4.74 Å². The molecule has 2 rings (SSSR count). The van der Waals surface area contributed by atoms with E-state index in [4.69, 9.17) is 4.74 Å². The van der Waals surface area contributed by atoms with Crippen molar-refractivity contribution in [2.24, 2.45) is 0 Å². The molecular weight excluding hydrogens is 272 g/mol. The third kappa shape index (κ3) is 4.56. The number of nitrogens with one attached hydrogen (secondary N) is 1. The van der Waals surface area contributed by atoms with E-state index < -0.39 is 0 Å². The standard InChI is InChI=1S/C14H18N4OS/c1-11-8-12(9-15-6-7-19-2)10-18-13(11)20-14-16-4-3-5-17-14/h3-5,8,10,15H,6-7,9H2,1-2H3. The van der Waals surface area contributed by atoms with Crippen LogP contribution >= 0.6 is 11.8 Å². The molecule has 106 valence electrons. The summed E-state index contributed by atoms with van der Waals surface area (Å²) in [7, 11) is 1.70. The Hall–Kier alpha value is -1.50. The van der Waals surface area contributed by atoms with Crippen molar-refractivity contribution >= 4 is 11.8 Å². The van der Waals surface area contributed by atoms with E-state index in [0.29, 0.717) is 11.8 Å². The van der Waals surface area contributed by atoms with Gasteiger partial charge >= 0.3 is 0 Å². The van der Waals surface area contributed by atoms with Gasteiger partial charge in [-0.25, -0.2) is 15.0 Å². The zero-order valence-electron chi connectivity index (χ0n) is 11.7. The van der Waals surface area contributed by atoms with Crippen LogP contribution in [-0.4, -0.2) is 35.2 Å². The quantitative estimate of drug-likeness (QED) is 0.622. The van der Waals surface area contributed by atoms with Crippen LogP contribution in [0.1, 0.15) is 11.1 Å². The zero-order valence-corrected chi connectivity index (χ0v) is 12.5. The molecule has 0 aliphatic heterocycles. The number of ether oxygens (including phenoxy) is 1. The number of pyridine rings is 1. The summed E-state index contributed by atoms with van der Waals surface area (Å²) in [5, 5.41) is 4.96. The molecular formula is C14H18N4OS. The number of methoxy groups -OCH3 is 1. The van der Waals surface area contributed by atoms with Crippen molar-refractivity contribution in [1.29, 1.82) is 0 Å². The molecule has 0 saturated carbocycles. The Morgan fingerprint density at radius 2 is 2.05 bits per heavy atom. The van der Waals surface area contributed by atoms with E-state index in [1.54, 1.807) is 25.6 Å². The lowest BCUT2D eigenvalue weighted by Crippen LogP contribution is -2.18. The molecule has 2 aromatic heterocycles. The first-order valence-electron chi connectivity index (χ1n) is 6.39. The fraction of sp³-hybridized carbons (Fsp3) is 0.357. The molecule has 2 heterocycles. The predicted molar refractivity (Wildman–Crippen MR) is 78.7 cm³/mol. The summed E-state index contributed by atoms with van der Waals surface area (Å²) in [6.07, 6.45) is 5.36. The molecule has 0 fully saturated rings. The lowest BCUT2D eigenvalue weighted by Gasteiger charge is -2.07. The second-order valence-electron chi connectivity index (χ2n) is 4.27. The molecule has 6 heteroatoms. The number of aromatic nitrogens is 3. The van der Waals surface area contributed by atoms with Crippen molar-refractivity contribution in [1.82, 2.24) is 20.3 Å². The van der Waals surface area contributed by atoms with Crippen LogP contribution in [0.15, 0.2) is 40.9 Å². The first-order valence-corrected chi connectivity index (χ1v) is 7.21. The number of hydrogen-bond acceptors (Lipinski definition) is 6. The number of aryl methyl sites for hydroxylation is 1. The summed E-state index contributed by atoms with van der Waals surface area (Å²) in [4.78, 5) is 12.9. The van der Waals surface area contributed by atoms with Crippen LogP contribution in [0.4, 0.5) is 0 Å². The SMILES string of the molecule is COCCNCc1cnc(Sc2ncccn2)c(C)c1. The highest BCUT2D eigenvalue weighted by Gasteiger charge is 2.05. The van der Waals surface area contributed by atoms with Crippen LogP contribution in [0.25, 0.3) is 0 Å². The molecule has 0 unspecified atom stereocenters. The molecule has 0 atom stereocenters. The maximum atomic E-state index is 4.99. The van der Waals surface area contributed by atoms with E-state index >= 15 is 0 Å². The summed E-state index contributed by atoms with van der Waals surface area (Å²) >= 11 is 1.48. The van der Waals surface area contributed by atoms with Gasteiger partial charge in [0.2, 0.25) is 0 Å². The van der Waals surface area contributed by atoms with Crippen molar-refractivity contribution in [2.45, 2.75) is 23.7 Å². The lowest BCUT2D eigenvalue weighted by atomic mass is 10.2. The van der Waals surface area contributed by atoms with E-state index in [1.807, 2.05) is 6.20 Å². The normalized spacial score (nSPS) is 10.7. The molecule has 0 amide bonds. The van der Waals surface area contributed by atoms with Gasteiger partial charge in [0.1, 0.15) is 5.03 Å². The van der Waals surface area contributed by atoms with Gasteiger partial charge in [-0.15, -0.1) is 0 Å². The van der Waals surface area contributed by atoms with Crippen LogP contribution in [-0.2, 0) is 11.3 Å². The molecule has 1 N–H and O–H groups in total. The minimum atomic E-state index is 0.714. The maximum absolute atomic E-state index is 4.99. The van der Waals surface area contributed by atoms with Crippen molar-refractivity contribution in [3.05, 3.63) is 41.9 Å². The largest absolute Gasteiger partial charge is 0.383 e. The minimum absolute atomic E-state index is 0.714. The Morgan fingerprint density at radius 3 is 2.75 bits per heavy atom. The second kappa shape index (κ2) is 7.94. The molecule has 2 aromatic rings. The highest BCUT2D eigenvalue weighted by Crippen LogP contribution is 2.25. The van der Waals surface area contributed by atoms with Crippen LogP contribution < -0.4 is 5.32 Å². The van der Waals surface area contributed by atoms with E-state index in [9.17, 15) is 0 Å². The Balaban J connectivity index is 1.95. The Kier molecular flexibility index (Phi) is 5.91. The van der Waals surface area contributed by atoms with Gasteiger partial charge in [-0.3, -0.25) is 0 Å². The van der Waals surface area contributed by atoms with Gasteiger partial charge in [0.25, 0.3) is 0 Å². The Bertz CT molecular complexity index is 536. The molecule has 0 aliphatic rings. The smallest absolute Gasteiger partial charge is 0.193 e. The molecule has 0 spiro atoms. The van der Waals surface area contributed by atoms with Crippen LogP contribution in [0.3, 0.4) is 0 Å². The minimum Gasteiger partial charge on any atom is -0.383 e. The Morgan fingerprint density at radius 1 is 1.25 bits per heavy atom. The van der Waals surface area contributed by atoms with Crippen LogP contribution in [0.5, 0.6) is 0 Å². The maximum Gasteiger partial charge on any atom is 0.193 e. The average molecular weight is 290 g/mol. The second-order valence-corrected chi connectivity index (χ2v) is 5.22. The van der Waals surface area contributed by atoms with Crippen molar-refractivity contribution in [3.63, 3.8) is 0 Å². The molecule has 0 bridgehead atoms. The number of rotatable bonds is 7. The highest BCUT2D eigenvalue weighted by atomic mass is 32.2. The first-order chi connectivity index (χ1) is 9.79. The van der Waals surface area contributed by atoms with Crippen LogP contribution in [0.2, 0.25) is 0 Å². The Labute approximate surface area is 123 Å². The van der Waals surface area contributed by atoms with Crippen LogP contribution in [0, 0.1) is 6.92 Å². The number of nitrogens with zero attached hydrogens (tertiary/aromatic N) is 3. The number of hydrogen-bond donors (Lipinski definition) is 1. The lowest BCUT2D eigenvalue weighted by molar-refractivity contribution is 0.199. The highest BCUT2D eigenvalue weighted by molar-refractivity contribution is 7.99. The van der Waals surface area contributed by atoms with Gasteiger partial charge in [-0.2, -0.15) is 0 Å². The molecule has 0 aliphatic carbocycles. The summed E-state index contributed by atoms with van der Waals surface area (Å²) in [5.41, 5.74) is 2.30. The van der Waals surface area contributed by atoms with E-state index in [2.05, 4.69) is 33.3 Å². The third-order valence-electron chi connectivity index (χ3n) is 2.63. The van der Waals surface area contributed by atoms with Gasteiger partial charge in [0.15, 0.2) is 5.16 Å². The van der Waals surface area contributed by atoms with Gasteiger partial charge < -0.3 is 10.1 Å². The molecule has 0 saturated heterocycles. The molecule has 0 aromatic carbocycles. The average Bonchev–Trinajstić information content (AvgIpc) is 2.47. The van der Waals surface area contributed by atoms with Gasteiger partial charge in [0, 0.05) is 38.8 Å². The first kappa shape index (κ1) is 14.9. The summed E-state index contributed by atoms with van der Waals surface area (Å²) in [6.45, 7) is 4.40. The zero-order chi connectivity index (χ0) is 14.2. The third-order valence-corrected chi connectivity index (χ3v) is 3.64. The molecule has 20 heavy (non-hydrogen) atoms. The molecule has 0 radical (unpaired) electrons. The monoisotopic (exact) mass is 290 g/mol. The van der Waals surface area contributed by atoms with Crippen molar-refractivity contribution in [3.8, 4) is 0 Å².